The maximum Gasteiger partial charge on any atom is 0.323 e. The van der Waals surface area contributed by atoms with E-state index in [1.807, 2.05) is 0 Å². The van der Waals surface area contributed by atoms with Gasteiger partial charge in [0.1, 0.15) is 5.82 Å². The smallest absolute Gasteiger partial charge is 0.323 e. The molecule has 6 heteroatoms. The number of benzene rings is 2. The van der Waals surface area contributed by atoms with E-state index < -0.39 is 17.7 Å². The van der Waals surface area contributed by atoms with Crippen LogP contribution in [0.15, 0.2) is 36.4 Å². The van der Waals surface area contributed by atoms with Gasteiger partial charge in [0.25, 0.3) is 0 Å². The van der Waals surface area contributed by atoms with Crippen LogP contribution in [-0.2, 0) is 0 Å². The Labute approximate surface area is 120 Å². The van der Waals surface area contributed by atoms with Crippen LogP contribution in [0, 0.1) is 18.6 Å². The van der Waals surface area contributed by atoms with E-state index in [0.29, 0.717) is 11.3 Å². The Morgan fingerprint density at radius 3 is 2.52 bits per heavy atom. The van der Waals surface area contributed by atoms with E-state index in [-0.39, 0.29) is 11.4 Å². The van der Waals surface area contributed by atoms with Crippen molar-refractivity contribution in [1.82, 2.24) is 0 Å². The second-order valence-electron chi connectivity index (χ2n) is 4.34. The second-order valence-corrected chi connectivity index (χ2v) is 4.34. The molecule has 0 atom stereocenters. The molecule has 2 amide bonds. The van der Waals surface area contributed by atoms with Crippen molar-refractivity contribution in [3.63, 3.8) is 0 Å². The lowest BCUT2D eigenvalue weighted by atomic mass is 10.2. The molecular formula is C15H14F2N2O2. The first-order valence-electron chi connectivity index (χ1n) is 6.18. The van der Waals surface area contributed by atoms with Crippen molar-refractivity contribution in [3.8, 4) is 5.75 Å². The molecule has 0 spiro atoms. The van der Waals surface area contributed by atoms with Gasteiger partial charge in [-0.15, -0.1) is 0 Å². The first-order chi connectivity index (χ1) is 10.0. The Kier molecular flexibility index (Phi) is 4.37. The number of urea groups is 1. The molecule has 0 heterocycles. The van der Waals surface area contributed by atoms with Crippen molar-refractivity contribution in [2.75, 3.05) is 17.7 Å². The summed E-state index contributed by atoms with van der Waals surface area (Å²) in [5.41, 5.74) is 0.940. The minimum absolute atomic E-state index is 0.0851. The fraction of sp³-hybridized carbons (Fsp3) is 0.133. The largest absolute Gasteiger partial charge is 0.494 e. The van der Waals surface area contributed by atoms with Crippen molar-refractivity contribution in [2.24, 2.45) is 0 Å². The summed E-state index contributed by atoms with van der Waals surface area (Å²) >= 11 is 0. The quantitative estimate of drug-likeness (QED) is 0.900. The number of ether oxygens (including phenoxy) is 1. The van der Waals surface area contributed by atoms with Crippen molar-refractivity contribution in [2.45, 2.75) is 6.92 Å². The van der Waals surface area contributed by atoms with Gasteiger partial charge in [0.2, 0.25) is 0 Å². The molecule has 0 unspecified atom stereocenters. The number of carbonyl (C=O) groups is 1. The summed E-state index contributed by atoms with van der Waals surface area (Å²) in [6, 6.07) is 7.82. The van der Waals surface area contributed by atoms with Crippen LogP contribution < -0.4 is 15.4 Å². The average Bonchev–Trinajstić information content (AvgIpc) is 2.44. The van der Waals surface area contributed by atoms with Gasteiger partial charge in [-0.05, 0) is 31.2 Å². The maximum atomic E-state index is 13.5. The molecule has 0 aliphatic heterocycles. The molecule has 2 N–H and O–H groups in total. The van der Waals surface area contributed by atoms with Crippen molar-refractivity contribution in [3.05, 3.63) is 53.6 Å². The van der Waals surface area contributed by atoms with Crippen LogP contribution in [0.3, 0.4) is 0 Å². The molecule has 0 saturated carbocycles. The first-order valence-corrected chi connectivity index (χ1v) is 6.18. The number of halogens is 2. The highest BCUT2D eigenvalue weighted by Crippen LogP contribution is 2.21. The molecule has 0 aromatic heterocycles. The number of amides is 2. The number of carbonyl (C=O) groups excluding carboxylic acids is 1. The maximum absolute atomic E-state index is 13.5. The third-order valence-electron chi connectivity index (χ3n) is 2.93. The minimum atomic E-state index is -0.590. The lowest BCUT2D eigenvalue weighted by Gasteiger charge is -2.11. The predicted molar refractivity (Wildman–Crippen MR) is 76.7 cm³/mol. The van der Waals surface area contributed by atoms with Gasteiger partial charge >= 0.3 is 6.03 Å². The molecule has 2 aromatic rings. The van der Waals surface area contributed by atoms with E-state index in [4.69, 9.17) is 4.74 Å². The Balaban J connectivity index is 2.08. The van der Waals surface area contributed by atoms with Crippen molar-refractivity contribution >= 4 is 17.4 Å². The zero-order chi connectivity index (χ0) is 15.4. The van der Waals surface area contributed by atoms with Crippen LogP contribution in [0.25, 0.3) is 0 Å². The third kappa shape index (κ3) is 3.47. The molecule has 0 fully saturated rings. The van der Waals surface area contributed by atoms with Gasteiger partial charge in [-0.2, -0.15) is 0 Å². The standard InChI is InChI=1S/C15H14F2N2O2/c1-9-11(16)4-3-5-13(9)19-15(20)18-10-6-7-14(21-2)12(17)8-10/h3-8H,1-2H3,(H2,18,19,20). The van der Waals surface area contributed by atoms with E-state index >= 15 is 0 Å². The molecule has 0 aliphatic carbocycles. The van der Waals surface area contributed by atoms with Gasteiger partial charge in [-0.25, -0.2) is 13.6 Å². The van der Waals surface area contributed by atoms with Gasteiger partial charge in [-0.1, -0.05) is 6.07 Å². The molecule has 0 aliphatic rings. The highest BCUT2D eigenvalue weighted by Gasteiger charge is 2.09. The van der Waals surface area contributed by atoms with E-state index in [1.54, 1.807) is 13.0 Å². The fourth-order valence-corrected chi connectivity index (χ4v) is 1.77. The summed E-state index contributed by atoms with van der Waals surface area (Å²) in [5.74, 6) is -0.914. The molecule has 2 rings (SSSR count). The zero-order valence-corrected chi connectivity index (χ0v) is 11.5. The zero-order valence-electron chi connectivity index (χ0n) is 11.5. The summed E-state index contributed by atoms with van der Waals surface area (Å²) in [6.07, 6.45) is 0. The number of hydrogen-bond acceptors (Lipinski definition) is 2. The monoisotopic (exact) mass is 292 g/mol. The highest BCUT2D eigenvalue weighted by molar-refractivity contribution is 6.00. The SMILES string of the molecule is COc1ccc(NC(=O)Nc2cccc(F)c2C)cc1F. The molecule has 4 nitrogen and oxygen atoms in total. The topological polar surface area (TPSA) is 50.4 Å². The normalized spacial score (nSPS) is 10.1. The Hall–Kier alpha value is -2.63. The number of methoxy groups -OCH3 is 1. The summed E-state index contributed by atoms with van der Waals surface area (Å²) in [6.45, 7) is 1.55. The molecular weight excluding hydrogens is 278 g/mol. The van der Waals surface area contributed by atoms with E-state index in [9.17, 15) is 13.6 Å². The minimum Gasteiger partial charge on any atom is -0.494 e. The Bertz CT molecular complexity index is 675. The van der Waals surface area contributed by atoms with Crippen LogP contribution in [-0.4, -0.2) is 13.1 Å². The van der Waals surface area contributed by atoms with Gasteiger partial charge in [0, 0.05) is 23.0 Å². The number of anilines is 2. The third-order valence-corrected chi connectivity index (χ3v) is 2.93. The van der Waals surface area contributed by atoms with E-state index in [0.717, 1.165) is 6.07 Å². The first kappa shape index (κ1) is 14.8. The molecule has 0 radical (unpaired) electrons. The summed E-state index contributed by atoms with van der Waals surface area (Å²) in [4.78, 5) is 11.8. The van der Waals surface area contributed by atoms with Gasteiger partial charge in [0.05, 0.1) is 7.11 Å². The Morgan fingerprint density at radius 1 is 1.10 bits per heavy atom. The number of hydrogen-bond donors (Lipinski definition) is 2. The molecule has 0 saturated heterocycles. The summed E-state index contributed by atoms with van der Waals surface area (Å²) < 4.78 is 31.6. The number of nitrogens with one attached hydrogen (secondary N) is 2. The van der Waals surface area contributed by atoms with Crippen LogP contribution in [0.1, 0.15) is 5.56 Å². The van der Waals surface area contributed by atoms with Crippen LogP contribution in [0.5, 0.6) is 5.75 Å². The average molecular weight is 292 g/mol. The van der Waals surface area contributed by atoms with Crippen molar-refractivity contribution < 1.29 is 18.3 Å². The fourth-order valence-electron chi connectivity index (χ4n) is 1.77. The Morgan fingerprint density at radius 2 is 1.86 bits per heavy atom. The van der Waals surface area contributed by atoms with E-state index in [1.165, 1.54) is 31.4 Å². The molecule has 2 aromatic carbocycles. The molecule has 110 valence electrons. The molecule has 21 heavy (non-hydrogen) atoms. The van der Waals surface area contributed by atoms with Crippen LogP contribution in [0.4, 0.5) is 25.0 Å². The predicted octanol–water partition coefficient (Wildman–Crippen LogP) is 3.93. The second kappa shape index (κ2) is 6.21. The summed E-state index contributed by atoms with van der Waals surface area (Å²) in [7, 11) is 1.35. The lowest BCUT2D eigenvalue weighted by molar-refractivity contribution is 0.262. The van der Waals surface area contributed by atoms with Crippen molar-refractivity contribution in [1.29, 1.82) is 0 Å². The van der Waals surface area contributed by atoms with E-state index in [2.05, 4.69) is 10.6 Å². The number of rotatable bonds is 3. The van der Waals surface area contributed by atoms with Crippen LogP contribution >= 0.6 is 0 Å². The van der Waals surface area contributed by atoms with Crippen LogP contribution in [0.2, 0.25) is 0 Å². The highest BCUT2D eigenvalue weighted by atomic mass is 19.1. The summed E-state index contributed by atoms with van der Waals surface area (Å²) in [5, 5.41) is 4.97. The molecule has 0 bridgehead atoms. The van der Waals surface area contributed by atoms with Gasteiger partial charge < -0.3 is 15.4 Å². The lowest BCUT2D eigenvalue weighted by Crippen LogP contribution is -2.20. The van der Waals surface area contributed by atoms with Gasteiger partial charge in [-0.3, -0.25) is 0 Å². The van der Waals surface area contributed by atoms with Gasteiger partial charge in [0.15, 0.2) is 11.6 Å².